The van der Waals surface area contributed by atoms with Gasteiger partial charge in [0.05, 0.1) is 5.69 Å². The number of benzene rings is 3. The molecule has 2 N–H and O–H groups in total. The third kappa shape index (κ3) is 5.52. The summed E-state index contributed by atoms with van der Waals surface area (Å²) in [5, 5.41) is 5.82. The molecule has 0 spiro atoms. The number of rotatable bonds is 7. The number of hydrogen-bond donors (Lipinski definition) is 2. The van der Waals surface area contributed by atoms with E-state index in [2.05, 4.69) is 22.2 Å². The number of aromatic nitrogens is 2. The molecule has 0 unspecified atom stereocenters. The largest absolute Gasteiger partial charge is 0.330 e. The number of nitrogens with zero attached hydrogens (tertiary/aromatic N) is 4. The first-order valence-electron chi connectivity index (χ1n) is 12.0. The van der Waals surface area contributed by atoms with E-state index in [1.165, 1.54) is 23.1 Å². The minimum Gasteiger partial charge on any atom is -0.324 e. The van der Waals surface area contributed by atoms with E-state index in [9.17, 15) is 14.0 Å². The molecule has 4 aromatic rings. The van der Waals surface area contributed by atoms with Crippen molar-refractivity contribution in [2.24, 2.45) is 0 Å². The van der Waals surface area contributed by atoms with Crippen LogP contribution in [0.25, 0.3) is 0 Å². The van der Waals surface area contributed by atoms with Gasteiger partial charge >= 0.3 is 6.03 Å². The molecule has 0 radical (unpaired) electrons. The van der Waals surface area contributed by atoms with E-state index in [-0.39, 0.29) is 23.7 Å². The minimum atomic E-state index is -0.358. The molecule has 38 heavy (non-hydrogen) atoms. The predicted octanol–water partition coefficient (Wildman–Crippen LogP) is 5.80. The summed E-state index contributed by atoms with van der Waals surface area (Å²) >= 11 is 0. The summed E-state index contributed by atoms with van der Waals surface area (Å²) in [6, 6.07) is 22.3. The monoisotopic (exact) mass is 508 g/mol. The zero-order valence-corrected chi connectivity index (χ0v) is 20.5. The van der Waals surface area contributed by atoms with E-state index in [4.69, 9.17) is 4.98 Å². The second-order valence-corrected chi connectivity index (χ2v) is 8.69. The topological polar surface area (TPSA) is 90.5 Å². The normalized spacial score (nSPS) is 12.9. The molecule has 0 saturated carbocycles. The zero-order valence-electron chi connectivity index (χ0n) is 20.5. The summed E-state index contributed by atoms with van der Waals surface area (Å²) in [7, 11) is 0. The van der Waals surface area contributed by atoms with Gasteiger partial charge in [0.1, 0.15) is 11.6 Å². The Balaban J connectivity index is 1.55. The second kappa shape index (κ2) is 10.9. The third-order valence-electron chi connectivity index (χ3n) is 6.04. The number of amides is 3. The first kappa shape index (κ1) is 24.6. The summed E-state index contributed by atoms with van der Waals surface area (Å²) in [6.45, 7) is 4.39. The van der Waals surface area contributed by atoms with Gasteiger partial charge < -0.3 is 15.5 Å². The fraction of sp³-hybridized carbons (Fsp3) is 0.103. The minimum absolute atomic E-state index is 0.258. The average molecular weight is 509 g/mol. The lowest BCUT2D eigenvalue weighted by atomic mass is 10.2. The maximum absolute atomic E-state index is 14.0. The quantitative estimate of drug-likeness (QED) is 0.308. The molecule has 5 rings (SSSR count). The molecule has 1 aliphatic rings. The van der Waals surface area contributed by atoms with Crippen LogP contribution in [-0.4, -0.2) is 33.4 Å². The molecule has 190 valence electrons. The van der Waals surface area contributed by atoms with E-state index in [1.807, 2.05) is 30.3 Å². The smallest absolute Gasteiger partial charge is 0.324 e. The van der Waals surface area contributed by atoms with Gasteiger partial charge in [0.25, 0.3) is 0 Å². The maximum atomic E-state index is 14.0. The Morgan fingerprint density at radius 1 is 1.03 bits per heavy atom. The number of halogens is 1. The van der Waals surface area contributed by atoms with Crippen molar-refractivity contribution in [3.63, 3.8) is 0 Å². The molecular formula is C29H25FN6O2. The number of urea groups is 1. The van der Waals surface area contributed by atoms with Crippen LogP contribution in [0.5, 0.6) is 0 Å². The summed E-state index contributed by atoms with van der Waals surface area (Å²) in [4.78, 5) is 38.4. The molecular weight excluding hydrogens is 483 g/mol. The highest BCUT2D eigenvalue weighted by molar-refractivity contribution is 6.02. The number of nitrogens with one attached hydrogen (secondary N) is 2. The predicted molar refractivity (Wildman–Crippen MR) is 145 cm³/mol. The Bertz CT molecular complexity index is 1480. The van der Waals surface area contributed by atoms with Crippen LogP contribution < -0.4 is 15.5 Å². The van der Waals surface area contributed by atoms with Gasteiger partial charge in [-0.25, -0.2) is 19.1 Å². The van der Waals surface area contributed by atoms with Gasteiger partial charge in [0.2, 0.25) is 11.9 Å². The van der Waals surface area contributed by atoms with Crippen molar-refractivity contribution in [3.05, 3.63) is 115 Å². The van der Waals surface area contributed by atoms with Crippen LogP contribution >= 0.6 is 0 Å². The highest BCUT2D eigenvalue weighted by Gasteiger charge is 2.31. The van der Waals surface area contributed by atoms with Gasteiger partial charge in [-0.15, -0.1) is 0 Å². The van der Waals surface area contributed by atoms with Crippen molar-refractivity contribution >= 4 is 40.8 Å². The highest BCUT2D eigenvalue weighted by atomic mass is 19.1. The van der Waals surface area contributed by atoms with E-state index in [0.717, 1.165) is 11.1 Å². The number of hydrogen-bond acceptors (Lipinski definition) is 5. The standard InChI is InChI=1S/C29H25FN6O2/c1-2-26(37)32-24-9-6-10-25(17-24)36-27-21(15-16-35(29(36)38)19-20-7-4-3-5-8-20)18-31-28(34-27)33-23-13-11-22(30)12-14-23/h2-14,17-18H,1,15-16,19H2,(H,32,37)(H,31,33,34). The van der Waals surface area contributed by atoms with E-state index >= 15 is 0 Å². The van der Waals surface area contributed by atoms with Gasteiger partial charge in [0, 0.05) is 36.2 Å². The fourth-order valence-electron chi connectivity index (χ4n) is 4.17. The molecule has 0 atom stereocenters. The Morgan fingerprint density at radius 3 is 2.58 bits per heavy atom. The zero-order chi connectivity index (χ0) is 26.5. The Morgan fingerprint density at radius 2 is 1.82 bits per heavy atom. The highest BCUT2D eigenvalue weighted by Crippen LogP contribution is 2.34. The average Bonchev–Trinajstić information content (AvgIpc) is 3.06. The van der Waals surface area contributed by atoms with Crippen LogP contribution in [0.3, 0.4) is 0 Å². The Labute approximate surface area is 219 Å². The third-order valence-corrected chi connectivity index (χ3v) is 6.04. The molecule has 3 aromatic carbocycles. The molecule has 9 heteroatoms. The molecule has 8 nitrogen and oxygen atoms in total. The summed E-state index contributed by atoms with van der Waals surface area (Å²) in [5.41, 5.74) is 3.45. The van der Waals surface area contributed by atoms with Gasteiger partial charge in [-0.05, 0) is 60.5 Å². The molecule has 0 fully saturated rings. The van der Waals surface area contributed by atoms with Crippen LogP contribution in [0.1, 0.15) is 11.1 Å². The lowest BCUT2D eigenvalue weighted by Gasteiger charge is -2.28. The van der Waals surface area contributed by atoms with E-state index in [1.54, 1.807) is 47.5 Å². The van der Waals surface area contributed by atoms with Crippen molar-refractivity contribution in [3.8, 4) is 0 Å². The number of fused-ring (bicyclic) bond motifs is 1. The van der Waals surface area contributed by atoms with Crippen LogP contribution in [0.2, 0.25) is 0 Å². The number of anilines is 5. The number of carbonyl (C=O) groups is 2. The maximum Gasteiger partial charge on any atom is 0.330 e. The molecule has 0 bridgehead atoms. The van der Waals surface area contributed by atoms with Crippen LogP contribution in [0.15, 0.2) is 97.7 Å². The molecule has 1 aliphatic heterocycles. The van der Waals surface area contributed by atoms with Crippen molar-refractivity contribution in [2.45, 2.75) is 13.0 Å². The SMILES string of the molecule is C=CC(=O)Nc1cccc(N2C(=O)N(Cc3ccccc3)CCc3cnc(Nc4ccc(F)cc4)nc32)c1. The summed E-state index contributed by atoms with van der Waals surface area (Å²) in [6.07, 6.45) is 3.43. The van der Waals surface area contributed by atoms with E-state index in [0.29, 0.717) is 42.4 Å². The van der Waals surface area contributed by atoms with Gasteiger partial charge in [-0.3, -0.25) is 4.79 Å². The fourth-order valence-corrected chi connectivity index (χ4v) is 4.17. The lowest BCUT2D eigenvalue weighted by Crippen LogP contribution is -2.40. The molecule has 3 amide bonds. The van der Waals surface area contributed by atoms with Crippen molar-refractivity contribution in [1.82, 2.24) is 14.9 Å². The molecule has 2 heterocycles. The number of carbonyl (C=O) groups excluding carboxylic acids is 2. The van der Waals surface area contributed by atoms with Gasteiger partial charge in [-0.1, -0.05) is 43.0 Å². The van der Waals surface area contributed by atoms with Gasteiger partial charge in [0.15, 0.2) is 0 Å². The lowest BCUT2D eigenvalue weighted by molar-refractivity contribution is -0.111. The van der Waals surface area contributed by atoms with Crippen molar-refractivity contribution < 1.29 is 14.0 Å². The Hall–Kier alpha value is -5.05. The van der Waals surface area contributed by atoms with Crippen LogP contribution in [-0.2, 0) is 17.8 Å². The van der Waals surface area contributed by atoms with Crippen LogP contribution in [0.4, 0.5) is 38.0 Å². The first-order chi connectivity index (χ1) is 18.5. The van der Waals surface area contributed by atoms with Gasteiger partial charge in [-0.2, -0.15) is 4.98 Å². The van der Waals surface area contributed by atoms with E-state index < -0.39 is 0 Å². The molecule has 0 aliphatic carbocycles. The summed E-state index contributed by atoms with van der Waals surface area (Å²) in [5.74, 6) is -0.0150. The van der Waals surface area contributed by atoms with Crippen LogP contribution in [0, 0.1) is 5.82 Å². The van der Waals surface area contributed by atoms with Crippen molar-refractivity contribution in [1.29, 1.82) is 0 Å². The molecule has 1 aromatic heterocycles. The second-order valence-electron chi connectivity index (χ2n) is 8.69. The first-order valence-corrected chi connectivity index (χ1v) is 12.0. The Kier molecular flexibility index (Phi) is 7.08. The summed E-state index contributed by atoms with van der Waals surface area (Å²) < 4.78 is 13.4. The van der Waals surface area contributed by atoms with Crippen molar-refractivity contribution in [2.75, 3.05) is 22.1 Å². The molecule has 0 saturated heterocycles.